The van der Waals surface area contributed by atoms with Gasteiger partial charge in [0.1, 0.15) is 0 Å². The van der Waals surface area contributed by atoms with Crippen LogP contribution in [0.2, 0.25) is 0 Å². The van der Waals surface area contributed by atoms with Crippen molar-refractivity contribution in [3.8, 4) is 0 Å². The van der Waals surface area contributed by atoms with Crippen LogP contribution in [0.1, 0.15) is 49.8 Å². The minimum atomic E-state index is -0.0549. The standard InChI is InChI=1S/C25H35N3O/c1-6-18(2)22-11-7-8-12-23(22)26-25(29)21(5)27-14-16-28(17-15-27)24-13-9-10-19(3)20(24)4/h7-13,18,21H,6,14-17H2,1-5H3,(H,26,29)/p+1/t18-,21-/m0/s1. The number of piperazine rings is 1. The zero-order chi connectivity index (χ0) is 21.0. The molecular weight excluding hydrogens is 358 g/mol. The first kappa shape index (κ1) is 21.4. The molecule has 1 amide bonds. The molecule has 2 N–H and O–H groups in total. The maximum absolute atomic E-state index is 13.0. The van der Waals surface area contributed by atoms with Crippen LogP contribution < -0.4 is 15.1 Å². The number of amides is 1. The van der Waals surface area contributed by atoms with E-state index in [1.54, 1.807) is 0 Å². The van der Waals surface area contributed by atoms with Gasteiger partial charge in [-0.15, -0.1) is 0 Å². The van der Waals surface area contributed by atoms with Crippen molar-refractivity contribution in [2.24, 2.45) is 0 Å². The summed E-state index contributed by atoms with van der Waals surface area (Å²) in [5, 5.41) is 3.21. The molecule has 1 aliphatic rings. The highest BCUT2D eigenvalue weighted by Crippen LogP contribution is 2.26. The highest BCUT2D eigenvalue weighted by Gasteiger charge is 2.30. The Morgan fingerprint density at radius 1 is 1.07 bits per heavy atom. The summed E-state index contributed by atoms with van der Waals surface area (Å²) in [5.74, 6) is 0.561. The molecular formula is C25H36N3O+. The number of anilines is 2. The smallest absolute Gasteiger partial charge is 0.282 e. The van der Waals surface area contributed by atoms with E-state index in [0.29, 0.717) is 5.92 Å². The second kappa shape index (κ2) is 9.45. The van der Waals surface area contributed by atoms with Crippen molar-refractivity contribution in [3.05, 3.63) is 59.2 Å². The van der Waals surface area contributed by atoms with Crippen molar-refractivity contribution in [2.45, 2.75) is 53.0 Å². The predicted molar refractivity (Wildman–Crippen MR) is 122 cm³/mol. The number of nitrogens with one attached hydrogen (secondary N) is 2. The molecule has 2 atom stereocenters. The van der Waals surface area contributed by atoms with E-state index in [4.69, 9.17) is 0 Å². The Bertz CT molecular complexity index is 840. The molecule has 0 aliphatic carbocycles. The van der Waals surface area contributed by atoms with E-state index in [1.807, 2.05) is 12.1 Å². The summed E-state index contributed by atoms with van der Waals surface area (Å²) >= 11 is 0. The molecule has 0 radical (unpaired) electrons. The van der Waals surface area contributed by atoms with Gasteiger partial charge in [0, 0.05) is 11.4 Å². The van der Waals surface area contributed by atoms with Crippen molar-refractivity contribution >= 4 is 17.3 Å². The van der Waals surface area contributed by atoms with E-state index in [0.717, 1.165) is 38.3 Å². The van der Waals surface area contributed by atoms with Crippen molar-refractivity contribution in [2.75, 3.05) is 36.4 Å². The number of hydrogen-bond donors (Lipinski definition) is 2. The Balaban J connectivity index is 1.62. The molecule has 0 bridgehead atoms. The van der Waals surface area contributed by atoms with Gasteiger partial charge in [-0.3, -0.25) is 4.79 Å². The predicted octanol–water partition coefficient (Wildman–Crippen LogP) is 3.55. The molecule has 1 aliphatic heterocycles. The minimum Gasteiger partial charge on any atom is -0.360 e. The molecule has 4 nitrogen and oxygen atoms in total. The van der Waals surface area contributed by atoms with E-state index in [-0.39, 0.29) is 11.9 Å². The third kappa shape index (κ3) is 4.81. The van der Waals surface area contributed by atoms with Crippen molar-refractivity contribution in [1.29, 1.82) is 0 Å². The fourth-order valence-corrected chi connectivity index (χ4v) is 4.23. The second-order valence-electron chi connectivity index (χ2n) is 8.47. The van der Waals surface area contributed by atoms with Crippen LogP contribution in [-0.2, 0) is 4.79 Å². The SMILES string of the molecule is CC[C@H](C)c1ccccc1NC(=O)[C@H](C)[NH+]1CCN(c2cccc(C)c2C)CC1. The molecule has 0 aromatic heterocycles. The molecule has 3 rings (SSSR count). The second-order valence-corrected chi connectivity index (χ2v) is 8.47. The van der Waals surface area contributed by atoms with Gasteiger partial charge in [0.2, 0.25) is 0 Å². The maximum atomic E-state index is 13.0. The number of carbonyl (C=O) groups excluding carboxylic acids is 1. The first-order valence-electron chi connectivity index (χ1n) is 11.0. The summed E-state index contributed by atoms with van der Waals surface area (Å²) in [4.78, 5) is 16.8. The molecule has 1 saturated heterocycles. The third-order valence-electron chi connectivity index (χ3n) is 6.69. The van der Waals surface area contributed by atoms with Gasteiger partial charge in [0.05, 0.1) is 26.2 Å². The molecule has 1 heterocycles. The Kier molecular flexibility index (Phi) is 6.96. The Hall–Kier alpha value is -2.33. The monoisotopic (exact) mass is 394 g/mol. The third-order valence-corrected chi connectivity index (χ3v) is 6.69. The number of hydrogen-bond acceptors (Lipinski definition) is 2. The number of rotatable bonds is 6. The molecule has 0 spiro atoms. The molecule has 156 valence electrons. The Morgan fingerprint density at radius 2 is 1.76 bits per heavy atom. The normalized spacial score (nSPS) is 17.1. The first-order valence-corrected chi connectivity index (χ1v) is 11.0. The van der Waals surface area contributed by atoms with Crippen LogP contribution >= 0.6 is 0 Å². The summed E-state index contributed by atoms with van der Waals surface area (Å²) in [6.07, 6.45) is 1.06. The largest absolute Gasteiger partial charge is 0.360 e. The van der Waals surface area contributed by atoms with Gasteiger partial charge in [-0.1, -0.05) is 44.2 Å². The van der Waals surface area contributed by atoms with Crippen LogP contribution in [0.15, 0.2) is 42.5 Å². The fraction of sp³-hybridized carbons (Fsp3) is 0.480. The molecule has 1 fully saturated rings. The lowest BCUT2D eigenvalue weighted by Crippen LogP contribution is -3.19. The van der Waals surface area contributed by atoms with E-state index < -0.39 is 0 Å². The van der Waals surface area contributed by atoms with Gasteiger partial charge in [-0.05, 0) is 61.9 Å². The fourth-order valence-electron chi connectivity index (χ4n) is 4.23. The zero-order valence-electron chi connectivity index (χ0n) is 18.6. The van der Waals surface area contributed by atoms with Gasteiger partial charge in [0.25, 0.3) is 5.91 Å². The molecule has 0 saturated carbocycles. The van der Waals surface area contributed by atoms with Crippen LogP contribution in [0.4, 0.5) is 11.4 Å². The van der Waals surface area contributed by atoms with Crippen molar-refractivity contribution < 1.29 is 9.69 Å². The number of nitrogens with zero attached hydrogens (tertiary/aromatic N) is 1. The molecule has 4 heteroatoms. The maximum Gasteiger partial charge on any atom is 0.282 e. The highest BCUT2D eigenvalue weighted by atomic mass is 16.2. The number of quaternary nitrogens is 1. The Labute approximate surface area is 175 Å². The Morgan fingerprint density at radius 3 is 2.45 bits per heavy atom. The van der Waals surface area contributed by atoms with Gasteiger partial charge in [-0.25, -0.2) is 0 Å². The van der Waals surface area contributed by atoms with E-state index in [2.05, 4.69) is 75.2 Å². The molecule has 0 unspecified atom stereocenters. The summed E-state index contributed by atoms with van der Waals surface area (Å²) < 4.78 is 0. The van der Waals surface area contributed by atoms with E-state index in [1.165, 1.54) is 27.3 Å². The lowest BCUT2D eigenvalue weighted by Gasteiger charge is -2.36. The summed E-state index contributed by atoms with van der Waals surface area (Å²) in [7, 11) is 0. The first-order chi connectivity index (χ1) is 13.9. The average molecular weight is 395 g/mol. The summed E-state index contributed by atoms with van der Waals surface area (Å²) in [6.45, 7) is 14.8. The summed E-state index contributed by atoms with van der Waals surface area (Å²) in [6, 6.07) is 14.7. The van der Waals surface area contributed by atoms with Crippen LogP contribution in [-0.4, -0.2) is 38.1 Å². The van der Waals surface area contributed by atoms with Gasteiger partial charge in [-0.2, -0.15) is 0 Å². The topological polar surface area (TPSA) is 36.8 Å². The van der Waals surface area contributed by atoms with Crippen molar-refractivity contribution in [3.63, 3.8) is 0 Å². The van der Waals surface area contributed by atoms with Gasteiger partial charge >= 0.3 is 0 Å². The van der Waals surface area contributed by atoms with E-state index in [9.17, 15) is 4.79 Å². The number of benzene rings is 2. The van der Waals surface area contributed by atoms with Gasteiger partial charge in [0.15, 0.2) is 6.04 Å². The molecule has 2 aromatic carbocycles. The number of aryl methyl sites for hydroxylation is 1. The lowest BCUT2D eigenvalue weighted by molar-refractivity contribution is -0.914. The number of para-hydroxylation sites is 1. The quantitative estimate of drug-likeness (QED) is 0.786. The average Bonchev–Trinajstić information content (AvgIpc) is 2.75. The van der Waals surface area contributed by atoms with Crippen LogP contribution in [0, 0.1) is 13.8 Å². The van der Waals surface area contributed by atoms with Crippen LogP contribution in [0.5, 0.6) is 0 Å². The minimum absolute atomic E-state index is 0.0549. The zero-order valence-corrected chi connectivity index (χ0v) is 18.6. The lowest BCUT2D eigenvalue weighted by atomic mass is 9.97. The number of carbonyl (C=O) groups is 1. The van der Waals surface area contributed by atoms with E-state index >= 15 is 0 Å². The highest BCUT2D eigenvalue weighted by molar-refractivity contribution is 5.94. The summed E-state index contributed by atoms with van der Waals surface area (Å²) in [5.41, 5.74) is 6.23. The molecule has 2 aromatic rings. The van der Waals surface area contributed by atoms with Crippen LogP contribution in [0.25, 0.3) is 0 Å². The van der Waals surface area contributed by atoms with Gasteiger partial charge < -0.3 is 15.1 Å². The van der Waals surface area contributed by atoms with Crippen LogP contribution in [0.3, 0.4) is 0 Å². The van der Waals surface area contributed by atoms with Crippen molar-refractivity contribution in [1.82, 2.24) is 0 Å². The molecule has 29 heavy (non-hydrogen) atoms.